The first-order valence-corrected chi connectivity index (χ1v) is 6.87. The lowest BCUT2D eigenvalue weighted by atomic mass is 10.2. The highest BCUT2D eigenvalue weighted by molar-refractivity contribution is 9.09. The molecule has 2 saturated heterocycles. The molecule has 2 nitrogen and oxygen atoms in total. The number of halogens is 1. The minimum atomic E-state index is 0.491. The van der Waals surface area contributed by atoms with E-state index in [0.29, 0.717) is 12.2 Å². The van der Waals surface area contributed by atoms with Gasteiger partial charge < -0.3 is 4.74 Å². The van der Waals surface area contributed by atoms with Gasteiger partial charge in [0, 0.05) is 17.9 Å². The number of nitrogens with zero attached hydrogens (tertiary/aromatic N) is 1. The molecule has 14 heavy (non-hydrogen) atoms. The van der Waals surface area contributed by atoms with Gasteiger partial charge in [-0.15, -0.1) is 0 Å². The summed E-state index contributed by atoms with van der Waals surface area (Å²) in [6, 6.07) is 0.759. The van der Waals surface area contributed by atoms with E-state index >= 15 is 0 Å². The maximum Gasteiger partial charge on any atom is 0.0706 e. The fourth-order valence-corrected chi connectivity index (χ4v) is 3.32. The Morgan fingerprint density at radius 2 is 2.21 bits per heavy atom. The van der Waals surface area contributed by atoms with E-state index in [1.807, 2.05) is 0 Å². The van der Waals surface area contributed by atoms with Crippen LogP contribution in [0.25, 0.3) is 0 Å². The predicted octanol–water partition coefficient (Wildman–Crippen LogP) is 2.41. The topological polar surface area (TPSA) is 12.5 Å². The Bertz CT molecular complexity index is 188. The molecule has 0 N–H and O–H groups in total. The predicted molar refractivity (Wildman–Crippen MR) is 62.0 cm³/mol. The minimum Gasteiger partial charge on any atom is -0.374 e. The van der Waals surface area contributed by atoms with E-state index in [9.17, 15) is 0 Å². The summed E-state index contributed by atoms with van der Waals surface area (Å²) in [6.45, 7) is 4.61. The van der Waals surface area contributed by atoms with Crippen molar-refractivity contribution in [2.45, 2.75) is 50.9 Å². The van der Waals surface area contributed by atoms with Crippen molar-refractivity contribution in [2.24, 2.45) is 0 Å². The zero-order chi connectivity index (χ0) is 9.97. The smallest absolute Gasteiger partial charge is 0.0706 e. The molecule has 2 rings (SSSR count). The fraction of sp³-hybridized carbons (Fsp3) is 1.00. The zero-order valence-corrected chi connectivity index (χ0v) is 10.5. The van der Waals surface area contributed by atoms with Crippen LogP contribution in [0.4, 0.5) is 0 Å². The second kappa shape index (κ2) is 4.95. The van der Waals surface area contributed by atoms with Crippen molar-refractivity contribution >= 4 is 15.9 Å². The third kappa shape index (κ3) is 2.50. The fourth-order valence-electron chi connectivity index (χ4n) is 2.59. The number of likely N-dealkylation sites (tertiary alicyclic amines) is 1. The third-order valence-corrected chi connectivity index (χ3v) is 4.18. The van der Waals surface area contributed by atoms with Gasteiger partial charge in [-0.2, -0.15) is 0 Å². The summed E-state index contributed by atoms with van der Waals surface area (Å²) in [5.74, 6) is 0. The van der Waals surface area contributed by atoms with Crippen LogP contribution in [0.2, 0.25) is 0 Å². The molecular weight excluding hydrogens is 242 g/mol. The van der Waals surface area contributed by atoms with Gasteiger partial charge in [-0.25, -0.2) is 0 Å². The van der Waals surface area contributed by atoms with Crippen LogP contribution in [0.1, 0.15) is 32.6 Å². The Kier molecular flexibility index (Phi) is 3.86. The summed E-state index contributed by atoms with van der Waals surface area (Å²) in [5.41, 5.74) is 0. The first-order valence-electron chi connectivity index (χ1n) is 5.75. The molecular formula is C11H20BrNO. The molecule has 0 bridgehead atoms. The van der Waals surface area contributed by atoms with Crippen molar-refractivity contribution in [3.63, 3.8) is 0 Å². The SMILES string of the molecule is CC1CCC(CN2CCC[C@@H]2CBr)O1. The standard InChI is InChI=1S/C11H20BrNO/c1-9-4-5-11(14-9)8-13-6-2-3-10(13)7-12/h9-11H,2-8H2,1H3/t9?,10-,11?/m1/s1. The van der Waals surface area contributed by atoms with E-state index < -0.39 is 0 Å². The van der Waals surface area contributed by atoms with E-state index in [4.69, 9.17) is 4.74 Å². The molecule has 2 heterocycles. The number of ether oxygens (including phenoxy) is 1. The largest absolute Gasteiger partial charge is 0.374 e. The lowest BCUT2D eigenvalue weighted by Gasteiger charge is -2.25. The Hall–Kier alpha value is 0.400. The molecule has 3 atom stereocenters. The van der Waals surface area contributed by atoms with E-state index in [-0.39, 0.29) is 0 Å². The number of alkyl halides is 1. The average molecular weight is 262 g/mol. The van der Waals surface area contributed by atoms with E-state index in [2.05, 4.69) is 27.8 Å². The van der Waals surface area contributed by atoms with Gasteiger partial charge in [0.2, 0.25) is 0 Å². The van der Waals surface area contributed by atoms with Crippen LogP contribution in [-0.4, -0.2) is 41.6 Å². The highest BCUT2D eigenvalue weighted by Gasteiger charge is 2.29. The number of hydrogen-bond donors (Lipinski definition) is 0. The normalized spacial score (nSPS) is 39.4. The van der Waals surface area contributed by atoms with Gasteiger partial charge in [0.15, 0.2) is 0 Å². The molecule has 0 radical (unpaired) electrons. The highest BCUT2D eigenvalue weighted by atomic mass is 79.9. The van der Waals surface area contributed by atoms with Gasteiger partial charge in [0.1, 0.15) is 0 Å². The van der Waals surface area contributed by atoms with Crippen LogP contribution in [0.15, 0.2) is 0 Å². The molecule has 2 fully saturated rings. The molecule has 0 saturated carbocycles. The van der Waals surface area contributed by atoms with Crippen molar-refractivity contribution in [3.05, 3.63) is 0 Å². The van der Waals surface area contributed by atoms with Gasteiger partial charge in [-0.1, -0.05) is 15.9 Å². The Morgan fingerprint density at radius 3 is 2.86 bits per heavy atom. The maximum atomic E-state index is 5.86. The van der Waals surface area contributed by atoms with Gasteiger partial charge in [-0.05, 0) is 39.2 Å². The molecule has 0 aliphatic carbocycles. The molecule has 0 amide bonds. The van der Waals surface area contributed by atoms with E-state index in [1.54, 1.807) is 0 Å². The van der Waals surface area contributed by atoms with Crippen LogP contribution >= 0.6 is 15.9 Å². The monoisotopic (exact) mass is 261 g/mol. The van der Waals surface area contributed by atoms with Gasteiger partial charge in [0.25, 0.3) is 0 Å². The highest BCUT2D eigenvalue weighted by Crippen LogP contribution is 2.24. The summed E-state index contributed by atoms with van der Waals surface area (Å²) < 4.78 is 5.86. The molecule has 2 unspecified atom stereocenters. The molecule has 2 aliphatic heterocycles. The van der Waals surface area contributed by atoms with Crippen LogP contribution in [0.5, 0.6) is 0 Å². The van der Waals surface area contributed by atoms with Crippen LogP contribution < -0.4 is 0 Å². The molecule has 0 aromatic heterocycles. The van der Waals surface area contributed by atoms with Crippen LogP contribution in [0, 0.1) is 0 Å². The Morgan fingerprint density at radius 1 is 1.36 bits per heavy atom. The molecule has 82 valence electrons. The van der Waals surface area contributed by atoms with Crippen molar-refractivity contribution in [1.29, 1.82) is 0 Å². The molecule has 0 spiro atoms. The third-order valence-electron chi connectivity index (χ3n) is 3.44. The van der Waals surface area contributed by atoms with Gasteiger partial charge in [-0.3, -0.25) is 4.90 Å². The number of hydrogen-bond acceptors (Lipinski definition) is 2. The zero-order valence-electron chi connectivity index (χ0n) is 8.92. The van der Waals surface area contributed by atoms with Crippen molar-refractivity contribution in [2.75, 3.05) is 18.4 Å². The molecule has 0 aromatic carbocycles. The van der Waals surface area contributed by atoms with E-state index in [1.165, 1.54) is 32.2 Å². The summed E-state index contributed by atoms with van der Waals surface area (Å²) in [5, 5.41) is 1.12. The first kappa shape index (κ1) is 10.9. The van der Waals surface area contributed by atoms with Crippen LogP contribution in [0.3, 0.4) is 0 Å². The lowest BCUT2D eigenvalue weighted by molar-refractivity contribution is 0.0305. The average Bonchev–Trinajstić information content (AvgIpc) is 2.76. The summed E-state index contributed by atoms with van der Waals surface area (Å²) in [7, 11) is 0. The minimum absolute atomic E-state index is 0.491. The second-order valence-electron chi connectivity index (χ2n) is 4.59. The van der Waals surface area contributed by atoms with Crippen molar-refractivity contribution in [3.8, 4) is 0 Å². The molecule has 2 aliphatic rings. The summed E-state index contributed by atoms with van der Waals surface area (Å²) in [6.07, 6.45) is 6.21. The van der Waals surface area contributed by atoms with E-state index in [0.717, 1.165) is 17.9 Å². The second-order valence-corrected chi connectivity index (χ2v) is 5.24. The lowest BCUT2D eigenvalue weighted by Crippen LogP contribution is -2.37. The maximum absolute atomic E-state index is 5.86. The Balaban J connectivity index is 1.79. The van der Waals surface area contributed by atoms with Crippen LogP contribution in [-0.2, 0) is 4.74 Å². The number of rotatable bonds is 3. The quantitative estimate of drug-likeness (QED) is 0.724. The Labute approximate surface area is 95.1 Å². The van der Waals surface area contributed by atoms with Crippen molar-refractivity contribution in [1.82, 2.24) is 4.90 Å². The van der Waals surface area contributed by atoms with Crippen molar-refractivity contribution < 1.29 is 4.74 Å². The molecule has 3 heteroatoms. The van der Waals surface area contributed by atoms with Gasteiger partial charge >= 0.3 is 0 Å². The first-order chi connectivity index (χ1) is 6.79. The molecule has 0 aromatic rings. The van der Waals surface area contributed by atoms with Gasteiger partial charge in [0.05, 0.1) is 12.2 Å². The summed E-state index contributed by atoms with van der Waals surface area (Å²) >= 11 is 3.60. The summed E-state index contributed by atoms with van der Waals surface area (Å²) in [4.78, 5) is 2.59.